The molecule has 10 rings (SSSR count). The smallest absolute Gasteiger partial charge is 0.260 e. The van der Waals surface area contributed by atoms with Gasteiger partial charge in [0.15, 0.2) is 0 Å². The summed E-state index contributed by atoms with van der Waals surface area (Å²) >= 11 is 0. The van der Waals surface area contributed by atoms with Crippen LogP contribution in [0.1, 0.15) is 0 Å². The molecular weight excluding hydrogens is 489 g/mol. The SMILES string of the molecule is c1ccc(-c2cc3c4c(c2)Oc2c(ccc5c6cccc7c8ccccc8n(c25)c76)B4c2ccccc2O3)cc1. The maximum Gasteiger partial charge on any atom is 0.260 e. The maximum absolute atomic E-state index is 7.02. The lowest BCUT2D eigenvalue weighted by Crippen LogP contribution is -2.57. The number of rotatable bonds is 1. The molecule has 6 aromatic carbocycles. The van der Waals surface area contributed by atoms with Gasteiger partial charge in [0, 0.05) is 27.0 Å². The van der Waals surface area contributed by atoms with Gasteiger partial charge < -0.3 is 13.9 Å². The Kier molecular flexibility index (Phi) is 3.75. The number of ether oxygens (including phenoxy) is 2. The van der Waals surface area contributed by atoms with E-state index in [2.05, 4.69) is 114 Å². The first-order chi connectivity index (χ1) is 19.8. The number of hydrogen-bond acceptors (Lipinski definition) is 2. The first-order valence-corrected chi connectivity index (χ1v) is 13.7. The lowest BCUT2D eigenvalue weighted by molar-refractivity contribution is 0.467. The number of hydrogen-bond donors (Lipinski definition) is 0. The molecule has 2 aliphatic heterocycles. The lowest BCUT2D eigenvalue weighted by Gasteiger charge is -2.33. The molecule has 184 valence electrons. The van der Waals surface area contributed by atoms with Crippen molar-refractivity contribution >= 4 is 61.2 Å². The molecule has 8 aromatic rings. The molecular formula is C36H20BNO2. The summed E-state index contributed by atoms with van der Waals surface area (Å²) in [5.74, 6) is 3.56. The topological polar surface area (TPSA) is 22.9 Å². The van der Waals surface area contributed by atoms with Gasteiger partial charge in [-0.05, 0) is 46.3 Å². The Bertz CT molecular complexity index is 2340. The summed E-state index contributed by atoms with van der Waals surface area (Å²) in [5.41, 5.74) is 9.26. The van der Waals surface area contributed by atoms with Crippen LogP contribution < -0.4 is 25.9 Å². The fourth-order valence-corrected chi connectivity index (χ4v) is 7.20. The first kappa shape index (κ1) is 20.7. The van der Waals surface area contributed by atoms with Gasteiger partial charge in [-0.15, -0.1) is 0 Å². The molecule has 0 fully saturated rings. The summed E-state index contributed by atoms with van der Waals surface area (Å²) in [4.78, 5) is 0. The molecule has 0 atom stereocenters. The Hall–Kier alpha value is -5.22. The molecule has 2 aromatic heterocycles. The second kappa shape index (κ2) is 7.25. The Balaban J connectivity index is 1.35. The van der Waals surface area contributed by atoms with Crippen molar-refractivity contribution in [1.82, 2.24) is 4.40 Å². The van der Waals surface area contributed by atoms with Crippen molar-refractivity contribution in [3.8, 4) is 34.1 Å². The minimum absolute atomic E-state index is 0.0230. The molecule has 0 N–H and O–H groups in total. The summed E-state index contributed by atoms with van der Waals surface area (Å²) in [7, 11) is 0. The van der Waals surface area contributed by atoms with E-state index in [-0.39, 0.29) is 6.71 Å². The van der Waals surface area contributed by atoms with Crippen LogP contribution in [0.3, 0.4) is 0 Å². The number of fused-ring (bicyclic) bond motifs is 11. The summed E-state index contributed by atoms with van der Waals surface area (Å²) in [6.45, 7) is 0.0230. The van der Waals surface area contributed by atoms with E-state index in [4.69, 9.17) is 9.47 Å². The van der Waals surface area contributed by atoms with Crippen LogP contribution in [0, 0.1) is 0 Å². The van der Waals surface area contributed by atoms with Gasteiger partial charge in [-0.1, -0.05) is 97.1 Å². The minimum atomic E-state index is 0.0230. The van der Waals surface area contributed by atoms with Crippen molar-refractivity contribution in [2.75, 3.05) is 0 Å². The van der Waals surface area contributed by atoms with Crippen LogP contribution in [0.5, 0.6) is 23.0 Å². The van der Waals surface area contributed by atoms with Crippen LogP contribution in [-0.4, -0.2) is 11.1 Å². The van der Waals surface area contributed by atoms with E-state index in [1.54, 1.807) is 0 Å². The van der Waals surface area contributed by atoms with E-state index in [1.807, 2.05) is 12.1 Å². The van der Waals surface area contributed by atoms with E-state index in [0.717, 1.165) is 45.1 Å². The third kappa shape index (κ3) is 2.47. The lowest BCUT2D eigenvalue weighted by atomic mass is 9.34. The predicted molar refractivity (Wildman–Crippen MR) is 164 cm³/mol. The van der Waals surface area contributed by atoms with Crippen LogP contribution in [0.2, 0.25) is 0 Å². The summed E-state index contributed by atoms with van der Waals surface area (Å²) in [6.07, 6.45) is 0. The third-order valence-electron chi connectivity index (χ3n) is 8.84. The van der Waals surface area contributed by atoms with Crippen molar-refractivity contribution in [1.29, 1.82) is 0 Å². The Morgan fingerprint density at radius 2 is 1.18 bits per heavy atom. The monoisotopic (exact) mass is 509 g/mol. The van der Waals surface area contributed by atoms with Crippen molar-refractivity contribution in [2.45, 2.75) is 0 Å². The fraction of sp³-hybridized carbons (Fsp3) is 0. The average Bonchev–Trinajstić information content (AvgIpc) is 3.53. The van der Waals surface area contributed by atoms with Crippen LogP contribution >= 0.6 is 0 Å². The molecule has 4 heteroatoms. The zero-order valence-electron chi connectivity index (χ0n) is 21.4. The molecule has 0 unspecified atom stereocenters. The molecule has 40 heavy (non-hydrogen) atoms. The molecule has 0 radical (unpaired) electrons. The van der Waals surface area contributed by atoms with Crippen LogP contribution in [0.25, 0.3) is 49.2 Å². The molecule has 0 saturated carbocycles. The predicted octanol–water partition coefficient (Wildman–Crippen LogP) is 7.23. The van der Waals surface area contributed by atoms with E-state index in [1.165, 1.54) is 43.5 Å². The van der Waals surface area contributed by atoms with E-state index >= 15 is 0 Å². The van der Waals surface area contributed by atoms with Gasteiger partial charge in [0.1, 0.15) is 23.0 Å². The standard InChI is InChI=1S/C36H20BNO2/c1-2-9-21(10-3-1)22-19-31-33-32(20-22)40-36-28(37(33)27-14-5-7-16-30(27)39-31)18-17-26-25-13-8-12-24-23-11-4-6-15-29(23)38(34(24)25)35(26)36/h1-20H. The van der Waals surface area contributed by atoms with Gasteiger partial charge in [-0.3, -0.25) is 0 Å². The van der Waals surface area contributed by atoms with Gasteiger partial charge >= 0.3 is 0 Å². The van der Waals surface area contributed by atoms with Gasteiger partial charge in [-0.25, -0.2) is 0 Å². The Labute approximate surface area is 230 Å². The molecule has 0 saturated heterocycles. The highest BCUT2D eigenvalue weighted by Gasteiger charge is 2.41. The van der Waals surface area contributed by atoms with Gasteiger partial charge in [0.2, 0.25) is 0 Å². The largest absolute Gasteiger partial charge is 0.458 e. The van der Waals surface area contributed by atoms with Gasteiger partial charge in [0.05, 0.1) is 16.6 Å². The van der Waals surface area contributed by atoms with E-state index < -0.39 is 0 Å². The van der Waals surface area contributed by atoms with E-state index in [9.17, 15) is 0 Å². The summed E-state index contributed by atoms with van der Waals surface area (Å²) in [6, 6.07) is 43.1. The minimum Gasteiger partial charge on any atom is -0.458 e. The van der Waals surface area contributed by atoms with Crippen LogP contribution in [-0.2, 0) is 0 Å². The Morgan fingerprint density at radius 3 is 2.08 bits per heavy atom. The average molecular weight is 509 g/mol. The number of nitrogens with zero attached hydrogens (tertiary/aromatic N) is 1. The molecule has 3 nitrogen and oxygen atoms in total. The molecule has 0 bridgehead atoms. The van der Waals surface area contributed by atoms with Gasteiger partial charge in [0.25, 0.3) is 6.71 Å². The highest BCUT2D eigenvalue weighted by atomic mass is 16.5. The highest BCUT2D eigenvalue weighted by molar-refractivity contribution is 6.98. The van der Waals surface area contributed by atoms with Crippen LogP contribution in [0.4, 0.5) is 0 Å². The number of para-hydroxylation sites is 3. The van der Waals surface area contributed by atoms with Crippen molar-refractivity contribution in [3.63, 3.8) is 0 Å². The second-order valence-electron chi connectivity index (χ2n) is 10.9. The molecule has 0 amide bonds. The summed E-state index contributed by atoms with van der Waals surface area (Å²) < 4.78 is 16.0. The Morgan fingerprint density at radius 1 is 0.475 bits per heavy atom. The molecule has 4 heterocycles. The fourth-order valence-electron chi connectivity index (χ4n) is 7.20. The zero-order valence-corrected chi connectivity index (χ0v) is 21.4. The third-order valence-corrected chi connectivity index (χ3v) is 8.84. The normalized spacial score (nSPS) is 13.3. The van der Waals surface area contributed by atoms with Crippen molar-refractivity contribution in [3.05, 3.63) is 121 Å². The number of aromatic nitrogens is 1. The molecule has 2 aliphatic rings. The quantitative estimate of drug-likeness (QED) is 0.218. The summed E-state index contributed by atoms with van der Waals surface area (Å²) in [5, 5.41) is 5.02. The maximum atomic E-state index is 7.02. The van der Waals surface area contributed by atoms with Gasteiger partial charge in [-0.2, -0.15) is 0 Å². The van der Waals surface area contributed by atoms with Crippen molar-refractivity contribution < 1.29 is 9.47 Å². The first-order valence-electron chi connectivity index (χ1n) is 13.7. The second-order valence-corrected chi connectivity index (χ2v) is 10.9. The van der Waals surface area contributed by atoms with Crippen molar-refractivity contribution in [2.24, 2.45) is 0 Å². The highest BCUT2D eigenvalue weighted by Crippen LogP contribution is 2.45. The molecule has 0 aliphatic carbocycles. The van der Waals surface area contributed by atoms with Crippen LogP contribution in [0.15, 0.2) is 121 Å². The zero-order chi connectivity index (χ0) is 25.9. The molecule has 0 spiro atoms. The van der Waals surface area contributed by atoms with E-state index in [0.29, 0.717) is 0 Å². The number of benzene rings is 6.